The Morgan fingerprint density at radius 3 is 2.05 bits per heavy atom. The first-order valence-corrected chi connectivity index (χ1v) is 13.0. The number of halogens is 1. The van der Waals surface area contributed by atoms with Gasteiger partial charge < -0.3 is 15.0 Å². The Morgan fingerprint density at radius 1 is 0.868 bits per heavy atom. The van der Waals surface area contributed by atoms with Crippen molar-refractivity contribution in [2.24, 2.45) is 0 Å². The van der Waals surface area contributed by atoms with Crippen LogP contribution in [0, 0.1) is 5.82 Å². The minimum atomic E-state index is -0.865. The summed E-state index contributed by atoms with van der Waals surface area (Å²) in [5.74, 6) is -0.590. The van der Waals surface area contributed by atoms with Gasteiger partial charge in [0.2, 0.25) is 5.91 Å². The molecule has 38 heavy (non-hydrogen) atoms. The third-order valence-electron chi connectivity index (χ3n) is 6.15. The highest BCUT2D eigenvalue weighted by Crippen LogP contribution is 2.24. The molecule has 1 atom stereocenters. The molecule has 5 nitrogen and oxygen atoms in total. The monoisotopic (exact) mass is 518 g/mol. The molecule has 6 heteroatoms. The van der Waals surface area contributed by atoms with Crippen LogP contribution < -0.4 is 10.1 Å². The number of carbonyl (C=O) groups is 2. The zero-order valence-electron chi connectivity index (χ0n) is 23.3. The standard InChI is InChI=1S/C32H39FN2O3/c1-31(2,3)25-16-18-26(19-17-25)38-22-29(36)35(21-24-14-10-11-15-27(24)33)28(30(37)34-32(4,5)6)20-23-12-8-7-9-13-23/h7-19,28H,20-22H2,1-6H3,(H,34,37). The molecule has 0 saturated heterocycles. The van der Waals surface area contributed by atoms with E-state index in [0.29, 0.717) is 11.3 Å². The molecule has 0 aliphatic carbocycles. The van der Waals surface area contributed by atoms with Gasteiger partial charge in [-0.3, -0.25) is 9.59 Å². The SMILES string of the molecule is CC(C)(C)NC(=O)C(Cc1ccccc1)N(Cc1ccccc1F)C(=O)COc1ccc(C(C)(C)C)cc1. The number of rotatable bonds is 9. The topological polar surface area (TPSA) is 58.6 Å². The van der Waals surface area contributed by atoms with Crippen LogP contribution >= 0.6 is 0 Å². The van der Waals surface area contributed by atoms with Gasteiger partial charge in [-0.05, 0) is 55.5 Å². The number of benzene rings is 3. The van der Waals surface area contributed by atoms with Gasteiger partial charge in [-0.25, -0.2) is 4.39 Å². The zero-order valence-corrected chi connectivity index (χ0v) is 23.3. The van der Waals surface area contributed by atoms with Crippen LogP contribution in [0.5, 0.6) is 5.75 Å². The Morgan fingerprint density at radius 2 is 1.47 bits per heavy atom. The van der Waals surface area contributed by atoms with Gasteiger partial charge in [0.25, 0.3) is 5.91 Å². The van der Waals surface area contributed by atoms with Crippen LogP contribution in [0.2, 0.25) is 0 Å². The number of nitrogens with zero attached hydrogens (tertiary/aromatic N) is 1. The summed E-state index contributed by atoms with van der Waals surface area (Å²) in [7, 11) is 0. The van der Waals surface area contributed by atoms with Crippen molar-refractivity contribution < 1.29 is 18.7 Å². The Bertz CT molecular complexity index is 1210. The number of nitrogens with one attached hydrogen (secondary N) is 1. The van der Waals surface area contributed by atoms with Crippen LogP contribution in [0.1, 0.15) is 58.2 Å². The maximum absolute atomic E-state index is 14.7. The van der Waals surface area contributed by atoms with Gasteiger partial charge in [-0.1, -0.05) is 81.4 Å². The quantitative estimate of drug-likeness (QED) is 0.375. The Kier molecular flexibility index (Phi) is 9.31. The molecule has 3 aromatic rings. The first kappa shape index (κ1) is 28.9. The van der Waals surface area contributed by atoms with Crippen LogP contribution in [0.4, 0.5) is 4.39 Å². The van der Waals surface area contributed by atoms with Crippen molar-refractivity contribution in [1.82, 2.24) is 10.2 Å². The van der Waals surface area contributed by atoms with Gasteiger partial charge in [0.15, 0.2) is 6.61 Å². The lowest BCUT2D eigenvalue weighted by Gasteiger charge is -2.33. The summed E-state index contributed by atoms with van der Waals surface area (Å²) < 4.78 is 20.5. The maximum Gasteiger partial charge on any atom is 0.261 e. The molecular formula is C32H39FN2O3. The summed E-state index contributed by atoms with van der Waals surface area (Å²) in [5, 5.41) is 3.00. The molecular weight excluding hydrogens is 479 g/mol. The average molecular weight is 519 g/mol. The second-order valence-electron chi connectivity index (χ2n) is 11.6. The molecule has 1 N–H and O–H groups in total. The van der Waals surface area contributed by atoms with E-state index in [1.165, 1.54) is 11.0 Å². The molecule has 3 aromatic carbocycles. The van der Waals surface area contributed by atoms with Crippen LogP contribution in [-0.4, -0.2) is 34.9 Å². The zero-order chi connectivity index (χ0) is 27.9. The molecule has 1 unspecified atom stereocenters. The van der Waals surface area contributed by atoms with Crippen LogP contribution in [-0.2, 0) is 28.0 Å². The number of amides is 2. The summed E-state index contributed by atoms with van der Waals surface area (Å²) in [6.07, 6.45) is 0.281. The van der Waals surface area contributed by atoms with Crippen molar-refractivity contribution in [2.45, 2.75) is 71.5 Å². The molecule has 0 radical (unpaired) electrons. The van der Waals surface area contributed by atoms with Crippen molar-refractivity contribution in [3.05, 3.63) is 101 Å². The molecule has 0 aliphatic rings. The smallest absolute Gasteiger partial charge is 0.261 e. The minimum Gasteiger partial charge on any atom is -0.484 e. The molecule has 0 aromatic heterocycles. The van der Waals surface area contributed by atoms with Gasteiger partial charge in [0.1, 0.15) is 17.6 Å². The first-order chi connectivity index (χ1) is 17.8. The van der Waals surface area contributed by atoms with Crippen molar-refractivity contribution in [2.75, 3.05) is 6.61 Å². The van der Waals surface area contributed by atoms with Gasteiger partial charge in [0.05, 0.1) is 0 Å². The fraction of sp³-hybridized carbons (Fsp3) is 0.375. The largest absolute Gasteiger partial charge is 0.484 e. The summed E-state index contributed by atoms with van der Waals surface area (Å²) in [6.45, 7) is 11.7. The van der Waals surface area contributed by atoms with E-state index in [4.69, 9.17) is 4.74 Å². The summed E-state index contributed by atoms with van der Waals surface area (Å²) in [6, 6.07) is 22.6. The van der Waals surface area contributed by atoms with Gasteiger partial charge in [-0.15, -0.1) is 0 Å². The number of hydrogen-bond acceptors (Lipinski definition) is 3. The average Bonchev–Trinajstić information content (AvgIpc) is 2.85. The molecule has 2 amide bonds. The lowest BCUT2D eigenvalue weighted by atomic mass is 9.87. The van der Waals surface area contributed by atoms with E-state index in [9.17, 15) is 14.0 Å². The third-order valence-corrected chi connectivity index (χ3v) is 6.15. The highest BCUT2D eigenvalue weighted by atomic mass is 19.1. The predicted octanol–water partition coefficient (Wildman–Crippen LogP) is 6.06. The van der Waals surface area contributed by atoms with E-state index in [2.05, 4.69) is 26.1 Å². The van der Waals surface area contributed by atoms with Gasteiger partial charge in [0, 0.05) is 24.1 Å². The van der Waals surface area contributed by atoms with Crippen molar-refractivity contribution in [3.63, 3.8) is 0 Å². The van der Waals surface area contributed by atoms with Crippen LogP contribution in [0.15, 0.2) is 78.9 Å². The summed E-state index contributed by atoms with van der Waals surface area (Å²) >= 11 is 0. The maximum atomic E-state index is 14.7. The van der Waals surface area contributed by atoms with E-state index in [-0.39, 0.29) is 30.9 Å². The molecule has 3 rings (SSSR count). The Labute approximate surface area is 226 Å². The highest BCUT2D eigenvalue weighted by molar-refractivity contribution is 5.89. The van der Waals surface area contributed by atoms with Gasteiger partial charge in [-0.2, -0.15) is 0 Å². The second kappa shape index (κ2) is 12.2. The number of carbonyl (C=O) groups excluding carboxylic acids is 2. The normalized spacial score (nSPS) is 12.5. The van der Waals surface area contributed by atoms with Crippen molar-refractivity contribution in [3.8, 4) is 5.75 Å². The summed E-state index contributed by atoms with van der Waals surface area (Å²) in [5.41, 5.74) is 1.86. The van der Waals surface area contributed by atoms with Crippen LogP contribution in [0.25, 0.3) is 0 Å². The molecule has 202 valence electrons. The number of hydrogen-bond donors (Lipinski definition) is 1. The van der Waals surface area contributed by atoms with Crippen molar-refractivity contribution in [1.29, 1.82) is 0 Å². The van der Waals surface area contributed by atoms with E-state index in [1.807, 2.05) is 75.4 Å². The molecule has 0 heterocycles. The first-order valence-electron chi connectivity index (χ1n) is 13.0. The predicted molar refractivity (Wildman–Crippen MR) is 149 cm³/mol. The van der Waals surface area contributed by atoms with E-state index >= 15 is 0 Å². The molecule has 0 bridgehead atoms. The second-order valence-corrected chi connectivity index (χ2v) is 11.6. The molecule has 0 spiro atoms. The fourth-order valence-electron chi connectivity index (χ4n) is 4.10. The molecule has 0 aliphatic heterocycles. The van der Waals surface area contributed by atoms with Crippen LogP contribution in [0.3, 0.4) is 0 Å². The Hall–Kier alpha value is -3.67. The highest BCUT2D eigenvalue weighted by Gasteiger charge is 2.33. The minimum absolute atomic E-state index is 0.00399. The third kappa shape index (κ3) is 8.44. The number of ether oxygens (including phenoxy) is 1. The van der Waals surface area contributed by atoms with E-state index < -0.39 is 23.3 Å². The Balaban J connectivity index is 1.91. The van der Waals surface area contributed by atoms with E-state index in [1.54, 1.807) is 18.2 Å². The van der Waals surface area contributed by atoms with E-state index in [0.717, 1.165) is 11.1 Å². The lowest BCUT2D eigenvalue weighted by molar-refractivity contribution is -0.143. The molecule has 0 saturated carbocycles. The lowest BCUT2D eigenvalue weighted by Crippen LogP contribution is -2.55. The fourth-order valence-corrected chi connectivity index (χ4v) is 4.10. The van der Waals surface area contributed by atoms with Crippen molar-refractivity contribution >= 4 is 11.8 Å². The van der Waals surface area contributed by atoms with Gasteiger partial charge >= 0.3 is 0 Å². The molecule has 0 fully saturated rings. The summed E-state index contributed by atoms with van der Waals surface area (Å²) in [4.78, 5) is 28.6.